The Kier molecular flexibility index (Phi) is 7.61. The summed E-state index contributed by atoms with van der Waals surface area (Å²) < 4.78 is 12.4. The second-order valence-corrected chi connectivity index (χ2v) is 6.43. The van der Waals surface area contributed by atoms with E-state index in [9.17, 15) is 14.9 Å². The van der Waals surface area contributed by atoms with Crippen molar-refractivity contribution in [1.82, 2.24) is 9.88 Å². The summed E-state index contributed by atoms with van der Waals surface area (Å²) in [7, 11) is 1.61. The lowest BCUT2D eigenvalue weighted by Crippen LogP contribution is -2.29. The van der Waals surface area contributed by atoms with Crippen LogP contribution >= 0.6 is 0 Å². The fourth-order valence-electron chi connectivity index (χ4n) is 2.94. The van der Waals surface area contributed by atoms with E-state index in [0.29, 0.717) is 17.9 Å². The first-order chi connectivity index (χ1) is 13.9. The number of carbonyl (C=O) groups is 2. The van der Waals surface area contributed by atoms with Crippen LogP contribution in [0.4, 0.5) is 0 Å². The second kappa shape index (κ2) is 10.1. The zero-order chi connectivity index (χ0) is 21.4. The fraction of sp³-hybridized carbons (Fsp3) is 0.318. The third kappa shape index (κ3) is 5.26. The van der Waals surface area contributed by atoms with E-state index in [2.05, 4.69) is 5.32 Å². The molecule has 1 heterocycles. The summed E-state index contributed by atoms with van der Waals surface area (Å²) in [6.45, 7) is 5.83. The van der Waals surface area contributed by atoms with Gasteiger partial charge in [0.1, 0.15) is 17.4 Å². The van der Waals surface area contributed by atoms with E-state index in [1.807, 2.05) is 61.7 Å². The molecule has 2 rings (SSSR count). The van der Waals surface area contributed by atoms with E-state index in [0.717, 1.165) is 23.5 Å². The maximum Gasteiger partial charge on any atom is 0.349 e. The number of benzene rings is 1. The van der Waals surface area contributed by atoms with Gasteiger partial charge < -0.3 is 19.4 Å². The van der Waals surface area contributed by atoms with Crippen molar-refractivity contribution in [3.05, 3.63) is 52.9 Å². The zero-order valence-electron chi connectivity index (χ0n) is 17.1. The van der Waals surface area contributed by atoms with Crippen molar-refractivity contribution < 1.29 is 19.1 Å². The number of esters is 1. The van der Waals surface area contributed by atoms with Gasteiger partial charge in [-0.25, -0.2) is 4.79 Å². The lowest BCUT2D eigenvalue weighted by Gasteiger charge is -2.13. The molecular formula is C22H25N3O4. The molecule has 0 aliphatic heterocycles. The number of nitrogens with one attached hydrogen (secondary N) is 1. The molecule has 29 heavy (non-hydrogen) atoms. The van der Waals surface area contributed by atoms with Crippen LogP contribution in [0.3, 0.4) is 0 Å². The molecule has 152 valence electrons. The molecule has 0 saturated heterocycles. The molecule has 2 aromatic rings. The number of methoxy groups -OCH3 is 1. The van der Waals surface area contributed by atoms with Gasteiger partial charge in [0.2, 0.25) is 0 Å². The summed E-state index contributed by atoms with van der Waals surface area (Å²) >= 11 is 0. The highest BCUT2D eigenvalue weighted by Gasteiger charge is 2.17. The van der Waals surface area contributed by atoms with Gasteiger partial charge in [-0.15, -0.1) is 0 Å². The van der Waals surface area contributed by atoms with Crippen molar-refractivity contribution in [3.8, 4) is 17.5 Å². The predicted octanol–water partition coefficient (Wildman–Crippen LogP) is 3.08. The van der Waals surface area contributed by atoms with E-state index < -0.39 is 18.5 Å². The molecule has 7 heteroatoms. The quantitative estimate of drug-likeness (QED) is 0.421. The highest BCUT2D eigenvalue weighted by molar-refractivity contribution is 5.99. The molecule has 1 N–H and O–H groups in total. The van der Waals surface area contributed by atoms with Gasteiger partial charge in [-0.05, 0) is 50.1 Å². The number of aryl methyl sites for hydroxylation is 1. The number of aromatic nitrogens is 1. The molecule has 0 fully saturated rings. The third-order valence-electron chi connectivity index (χ3n) is 4.34. The number of nitriles is 1. The first kappa shape index (κ1) is 21.8. The van der Waals surface area contributed by atoms with Crippen LogP contribution in [-0.2, 0) is 14.3 Å². The van der Waals surface area contributed by atoms with E-state index in [4.69, 9.17) is 9.47 Å². The van der Waals surface area contributed by atoms with E-state index in [1.165, 1.54) is 6.08 Å². The van der Waals surface area contributed by atoms with Crippen molar-refractivity contribution in [1.29, 1.82) is 5.26 Å². The summed E-state index contributed by atoms with van der Waals surface area (Å²) in [6, 6.07) is 11.3. The molecule has 1 aromatic heterocycles. The van der Waals surface area contributed by atoms with Gasteiger partial charge in [-0.3, -0.25) is 4.79 Å². The molecule has 1 aromatic carbocycles. The standard InChI is InChI=1S/C22H25N3O4/c1-5-10-24-21(26)14-29-22(27)18(13-23)12-17-11-15(2)25(16(17)3)19-8-6-7-9-20(19)28-4/h6-9,11-12H,5,10,14H2,1-4H3,(H,24,26)/b18-12+. The number of nitrogens with zero attached hydrogens (tertiary/aromatic N) is 2. The number of hydrogen-bond acceptors (Lipinski definition) is 5. The minimum absolute atomic E-state index is 0.173. The maximum atomic E-state index is 12.2. The first-order valence-corrected chi connectivity index (χ1v) is 9.30. The number of amides is 1. The van der Waals surface area contributed by atoms with Crippen molar-refractivity contribution in [2.75, 3.05) is 20.3 Å². The van der Waals surface area contributed by atoms with Crippen LogP contribution in [0.5, 0.6) is 5.75 Å². The molecule has 0 bridgehead atoms. The summed E-state index contributed by atoms with van der Waals surface area (Å²) in [5, 5.41) is 12.0. The summed E-state index contributed by atoms with van der Waals surface area (Å²) in [4.78, 5) is 23.8. The van der Waals surface area contributed by atoms with Crippen LogP contribution in [0.15, 0.2) is 35.9 Å². The first-order valence-electron chi connectivity index (χ1n) is 9.30. The van der Waals surface area contributed by atoms with Crippen molar-refractivity contribution in [3.63, 3.8) is 0 Å². The van der Waals surface area contributed by atoms with Gasteiger partial charge in [-0.2, -0.15) is 5.26 Å². The molecule has 0 aliphatic carbocycles. The molecule has 7 nitrogen and oxygen atoms in total. The Labute approximate surface area is 170 Å². The monoisotopic (exact) mass is 395 g/mol. The van der Waals surface area contributed by atoms with Gasteiger partial charge in [-0.1, -0.05) is 19.1 Å². The third-order valence-corrected chi connectivity index (χ3v) is 4.34. The van der Waals surface area contributed by atoms with Gasteiger partial charge in [0.15, 0.2) is 6.61 Å². The SMILES string of the molecule is CCCNC(=O)COC(=O)/C(C#N)=C/c1cc(C)n(-c2ccccc2OC)c1C. The Morgan fingerprint density at radius 3 is 2.66 bits per heavy atom. The normalized spacial score (nSPS) is 10.9. The number of ether oxygens (including phenoxy) is 2. The van der Waals surface area contributed by atoms with E-state index >= 15 is 0 Å². The van der Waals surface area contributed by atoms with E-state index in [-0.39, 0.29) is 5.57 Å². The molecule has 0 radical (unpaired) electrons. The Bertz CT molecular complexity index is 967. The van der Waals surface area contributed by atoms with Gasteiger partial charge in [0, 0.05) is 17.9 Å². The molecule has 0 aliphatic rings. The summed E-state index contributed by atoms with van der Waals surface area (Å²) in [5.74, 6) is -0.518. The van der Waals surface area contributed by atoms with Crippen molar-refractivity contribution in [2.24, 2.45) is 0 Å². The van der Waals surface area contributed by atoms with Gasteiger partial charge in [0.25, 0.3) is 5.91 Å². The lowest BCUT2D eigenvalue weighted by atomic mass is 10.1. The van der Waals surface area contributed by atoms with Crippen LogP contribution in [0.25, 0.3) is 11.8 Å². The average Bonchev–Trinajstić information content (AvgIpc) is 3.01. The summed E-state index contributed by atoms with van der Waals surface area (Å²) in [6.07, 6.45) is 2.26. The minimum atomic E-state index is -0.832. The molecule has 1 amide bonds. The molecular weight excluding hydrogens is 370 g/mol. The van der Waals surface area contributed by atoms with Crippen LogP contribution < -0.4 is 10.1 Å². The number of rotatable bonds is 8. The minimum Gasteiger partial charge on any atom is -0.495 e. The highest BCUT2D eigenvalue weighted by Crippen LogP contribution is 2.28. The van der Waals surface area contributed by atoms with E-state index in [1.54, 1.807) is 7.11 Å². The van der Waals surface area contributed by atoms with Crippen molar-refractivity contribution >= 4 is 18.0 Å². The maximum absolute atomic E-state index is 12.2. The Hall–Kier alpha value is -3.53. The van der Waals surface area contributed by atoms with Gasteiger partial charge >= 0.3 is 5.97 Å². The summed E-state index contributed by atoms with van der Waals surface area (Å²) in [5.41, 5.74) is 3.15. The number of para-hydroxylation sites is 2. The Balaban J connectivity index is 2.28. The smallest absolute Gasteiger partial charge is 0.349 e. The van der Waals surface area contributed by atoms with Crippen LogP contribution in [0.1, 0.15) is 30.3 Å². The number of hydrogen-bond donors (Lipinski definition) is 1. The molecule has 0 unspecified atom stereocenters. The molecule has 0 atom stereocenters. The average molecular weight is 395 g/mol. The fourth-order valence-corrected chi connectivity index (χ4v) is 2.94. The van der Waals surface area contributed by atoms with Crippen molar-refractivity contribution in [2.45, 2.75) is 27.2 Å². The Morgan fingerprint density at radius 2 is 2.00 bits per heavy atom. The predicted molar refractivity (Wildman–Crippen MR) is 110 cm³/mol. The zero-order valence-corrected chi connectivity index (χ0v) is 17.1. The number of carbonyl (C=O) groups excluding carboxylic acids is 2. The largest absolute Gasteiger partial charge is 0.495 e. The molecule has 0 saturated carbocycles. The van der Waals surface area contributed by atoms with Gasteiger partial charge in [0.05, 0.1) is 12.8 Å². The lowest BCUT2D eigenvalue weighted by molar-refractivity contribution is -0.144. The highest BCUT2D eigenvalue weighted by atomic mass is 16.5. The van der Waals surface area contributed by atoms with Crippen LogP contribution in [-0.4, -0.2) is 36.7 Å². The molecule has 0 spiro atoms. The topological polar surface area (TPSA) is 93.4 Å². The van der Waals surface area contributed by atoms with Crippen LogP contribution in [0.2, 0.25) is 0 Å². The van der Waals surface area contributed by atoms with Crippen LogP contribution in [0, 0.1) is 25.2 Å². The Morgan fingerprint density at radius 1 is 1.28 bits per heavy atom. The second-order valence-electron chi connectivity index (χ2n) is 6.43.